The van der Waals surface area contributed by atoms with Crippen molar-refractivity contribution in [3.05, 3.63) is 46.8 Å². The van der Waals surface area contributed by atoms with Crippen LogP contribution in [0.1, 0.15) is 54.0 Å². The molecule has 0 spiro atoms. The Morgan fingerprint density at radius 2 is 2.19 bits per heavy atom. The van der Waals surface area contributed by atoms with Crippen LogP contribution in [0.25, 0.3) is 5.69 Å². The first-order valence-corrected chi connectivity index (χ1v) is 9.51. The Labute approximate surface area is 155 Å². The van der Waals surface area contributed by atoms with Crippen LogP contribution >= 0.6 is 0 Å². The number of aryl methyl sites for hydroxylation is 1. The molecule has 1 atom stereocenters. The van der Waals surface area contributed by atoms with Gasteiger partial charge in [-0.05, 0) is 56.7 Å². The monoisotopic (exact) mass is 355 g/mol. The third-order valence-electron chi connectivity index (χ3n) is 4.78. The number of aromatic nitrogens is 2. The quantitative estimate of drug-likeness (QED) is 0.861. The second kappa shape index (κ2) is 8.04. The molecule has 1 saturated heterocycles. The van der Waals surface area contributed by atoms with Crippen LogP contribution in [0.4, 0.5) is 0 Å². The number of nitrogens with one attached hydrogen (secondary N) is 1. The van der Waals surface area contributed by atoms with Crippen molar-refractivity contribution in [1.29, 1.82) is 0 Å². The molecular formula is C21H29N3O2. The predicted octanol–water partition coefficient (Wildman–Crippen LogP) is 3.60. The lowest BCUT2D eigenvalue weighted by Crippen LogP contribution is -2.32. The van der Waals surface area contributed by atoms with Crippen LogP contribution in [0.15, 0.2) is 24.3 Å². The van der Waals surface area contributed by atoms with Gasteiger partial charge in [-0.25, -0.2) is 4.68 Å². The number of hydrogen-bond acceptors (Lipinski definition) is 3. The maximum atomic E-state index is 12.9. The summed E-state index contributed by atoms with van der Waals surface area (Å²) in [5.41, 5.74) is 4.62. The van der Waals surface area contributed by atoms with E-state index >= 15 is 0 Å². The van der Waals surface area contributed by atoms with Crippen molar-refractivity contribution in [2.24, 2.45) is 5.92 Å². The largest absolute Gasteiger partial charge is 0.376 e. The van der Waals surface area contributed by atoms with E-state index in [4.69, 9.17) is 9.84 Å². The topological polar surface area (TPSA) is 56.2 Å². The molecule has 0 unspecified atom stereocenters. The molecule has 1 aliphatic rings. The third-order valence-corrected chi connectivity index (χ3v) is 4.78. The number of benzene rings is 1. The summed E-state index contributed by atoms with van der Waals surface area (Å²) in [6, 6.07) is 8.20. The van der Waals surface area contributed by atoms with E-state index in [2.05, 4.69) is 38.2 Å². The molecule has 2 aromatic rings. The van der Waals surface area contributed by atoms with E-state index in [-0.39, 0.29) is 12.0 Å². The molecule has 1 N–H and O–H groups in total. The fraction of sp³-hybridized carbons (Fsp3) is 0.524. The van der Waals surface area contributed by atoms with Crippen LogP contribution in [0.5, 0.6) is 0 Å². The standard InChI is InChI=1S/C21H29N3O2/c1-14(2)11-19-20(21(25)22-13-18-9-6-10-26-18)16(4)24(23-19)17-8-5-7-15(3)12-17/h5,7-8,12,14,18H,6,9-11,13H2,1-4H3,(H,22,25)/t18-/m1/s1. The van der Waals surface area contributed by atoms with Crippen molar-refractivity contribution >= 4 is 5.91 Å². The zero-order chi connectivity index (χ0) is 18.7. The first kappa shape index (κ1) is 18.6. The molecule has 5 heteroatoms. The van der Waals surface area contributed by atoms with Crippen LogP contribution in [-0.2, 0) is 11.2 Å². The molecule has 1 aromatic carbocycles. The van der Waals surface area contributed by atoms with Crippen molar-refractivity contribution in [1.82, 2.24) is 15.1 Å². The summed E-state index contributed by atoms with van der Waals surface area (Å²) in [5.74, 6) is 0.382. The highest BCUT2D eigenvalue weighted by Gasteiger charge is 2.24. The second-order valence-corrected chi connectivity index (χ2v) is 7.60. The lowest BCUT2D eigenvalue weighted by molar-refractivity contribution is 0.0856. The van der Waals surface area contributed by atoms with E-state index in [1.54, 1.807) is 0 Å². The molecule has 1 amide bonds. The van der Waals surface area contributed by atoms with Gasteiger partial charge in [0.1, 0.15) is 0 Å². The van der Waals surface area contributed by atoms with Gasteiger partial charge in [0.15, 0.2) is 0 Å². The maximum absolute atomic E-state index is 12.9. The first-order valence-electron chi connectivity index (χ1n) is 9.51. The molecule has 0 aliphatic carbocycles. The van der Waals surface area contributed by atoms with Gasteiger partial charge in [0.25, 0.3) is 5.91 Å². The van der Waals surface area contributed by atoms with E-state index < -0.39 is 0 Å². The minimum absolute atomic E-state index is 0.0486. The molecule has 0 radical (unpaired) electrons. The number of ether oxygens (including phenoxy) is 1. The minimum Gasteiger partial charge on any atom is -0.376 e. The van der Waals surface area contributed by atoms with Gasteiger partial charge in [-0.15, -0.1) is 0 Å². The van der Waals surface area contributed by atoms with E-state index in [1.165, 1.54) is 5.56 Å². The highest BCUT2D eigenvalue weighted by atomic mass is 16.5. The van der Waals surface area contributed by atoms with Gasteiger partial charge >= 0.3 is 0 Å². The molecule has 1 fully saturated rings. The molecule has 1 aromatic heterocycles. The van der Waals surface area contributed by atoms with E-state index in [1.807, 2.05) is 23.7 Å². The molecule has 1 aliphatic heterocycles. The van der Waals surface area contributed by atoms with Crippen LogP contribution in [0, 0.1) is 19.8 Å². The van der Waals surface area contributed by atoms with Crippen molar-refractivity contribution in [3.8, 4) is 5.69 Å². The lowest BCUT2D eigenvalue weighted by Gasteiger charge is -2.12. The van der Waals surface area contributed by atoms with Gasteiger partial charge < -0.3 is 10.1 Å². The van der Waals surface area contributed by atoms with Crippen LogP contribution in [-0.4, -0.2) is 34.9 Å². The number of carbonyl (C=O) groups excluding carboxylic acids is 1. The van der Waals surface area contributed by atoms with Gasteiger partial charge in [-0.3, -0.25) is 4.79 Å². The Morgan fingerprint density at radius 3 is 2.85 bits per heavy atom. The number of carbonyl (C=O) groups is 1. The van der Waals surface area contributed by atoms with Crippen LogP contribution in [0.2, 0.25) is 0 Å². The number of rotatable bonds is 6. The predicted molar refractivity (Wildman–Crippen MR) is 103 cm³/mol. The fourth-order valence-corrected chi connectivity index (χ4v) is 3.50. The average Bonchev–Trinajstić information content (AvgIpc) is 3.20. The fourth-order valence-electron chi connectivity index (χ4n) is 3.50. The first-order chi connectivity index (χ1) is 12.5. The van der Waals surface area contributed by atoms with E-state index in [9.17, 15) is 4.79 Å². The summed E-state index contributed by atoms with van der Waals surface area (Å²) in [6.45, 7) is 9.69. The zero-order valence-electron chi connectivity index (χ0n) is 16.2. The van der Waals surface area contributed by atoms with Gasteiger partial charge in [0.2, 0.25) is 0 Å². The number of amides is 1. The van der Waals surface area contributed by atoms with Gasteiger partial charge in [-0.2, -0.15) is 5.10 Å². The minimum atomic E-state index is -0.0486. The summed E-state index contributed by atoms with van der Waals surface area (Å²) in [6.07, 6.45) is 3.01. The molecule has 0 bridgehead atoms. The SMILES string of the molecule is Cc1cccc(-n2nc(CC(C)C)c(C(=O)NC[C@H]3CCCO3)c2C)c1. The average molecular weight is 355 g/mol. The Morgan fingerprint density at radius 1 is 1.38 bits per heavy atom. The molecule has 5 nitrogen and oxygen atoms in total. The van der Waals surface area contributed by atoms with Gasteiger partial charge in [-0.1, -0.05) is 26.0 Å². The van der Waals surface area contributed by atoms with E-state index in [0.29, 0.717) is 18.0 Å². The summed E-state index contributed by atoms with van der Waals surface area (Å²) >= 11 is 0. The Bertz CT molecular complexity index is 774. The third kappa shape index (κ3) is 4.15. The molecule has 3 rings (SSSR count). The van der Waals surface area contributed by atoms with Crippen molar-refractivity contribution in [2.45, 2.75) is 53.1 Å². The van der Waals surface area contributed by atoms with Crippen molar-refractivity contribution in [3.63, 3.8) is 0 Å². The van der Waals surface area contributed by atoms with Crippen molar-refractivity contribution < 1.29 is 9.53 Å². The van der Waals surface area contributed by atoms with Gasteiger partial charge in [0, 0.05) is 13.2 Å². The Kier molecular flexibility index (Phi) is 5.77. The number of hydrogen-bond donors (Lipinski definition) is 1. The smallest absolute Gasteiger partial charge is 0.255 e. The van der Waals surface area contributed by atoms with E-state index in [0.717, 1.165) is 42.9 Å². The second-order valence-electron chi connectivity index (χ2n) is 7.60. The summed E-state index contributed by atoms with van der Waals surface area (Å²) in [4.78, 5) is 12.9. The highest BCUT2D eigenvalue weighted by molar-refractivity contribution is 5.96. The number of nitrogens with zero attached hydrogens (tertiary/aromatic N) is 2. The van der Waals surface area contributed by atoms with Crippen LogP contribution < -0.4 is 5.32 Å². The van der Waals surface area contributed by atoms with Gasteiger partial charge in [0.05, 0.1) is 28.7 Å². The molecular weight excluding hydrogens is 326 g/mol. The lowest BCUT2D eigenvalue weighted by atomic mass is 10.0. The van der Waals surface area contributed by atoms with Crippen molar-refractivity contribution in [2.75, 3.05) is 13.2 Å². The summed E-state index contributed by atoms with van der Waals surface area (Å²) < 4.78 is 7.51. The Balaban J connectivity index is 1.89. The normalized spacial score (nSPS) is 17.0. The molecule has 2 heterocycles. The highest BCUT2D eigenvalue weighted by Crippen LogP contribution is 2.22. The Hall–Kier alpha value is -2.14. The molecule has 0 saturated carbocycles. The molecule has 26 heavy (non-hydrogen) atoms. The van der Waals surface area contributed by atoms with Crippen LogP contribution in [0.3, 0.4) is 0 Å². The summed E-state index contributed by atoms with van der Waals surface area (Å²) in [5, 5.41) is 7.84. The molecule has 140 valence electrons. The zero-order valence-corrected chi connectivity index (χ0v) is 16.2. The summed E-state index contributed by atoms with van der Waals surface area (Å²) in [7, 11) is 0. The maximum Gasteiger partial charge on any atom is 0.255 e.